The second-order valence-electron chi connectivity index (χ2n) is 5.55. The standard InChI is InChI=1S/C17H25NO/c1-6-14-7-9-15(10-8-14)17(13(4)5)18-16(19)11-12(2)3/h7-11,13,17H,6H2,1-5H3,(H,18,19). The Balaban J connectivity index is 2.88. The molecule has 104 valence electrons. The fourth-order valence-corrected chi connectivity index (χ4v) is 2.05. The van der Waals surface area contributed by atoms with Crippen LogP contribution in [0.3, 0.4) is 0 Å². The predicted octanol–water partition coefficient (Wildman–Crippen LogP) is 4.03. The smallest absolute Gasteiger partial charge is 0.244 e. The van der Waals surface area contributed by atoms with Crippen LogP contribution in [0.5, 0.6) is 0 Å². The van der Waals surface area contributed by atoms with Gasteiger partial charge in [-0.25, -0.2) is 0 Å². The topological polar surface area (TPSA) is 29.1 Å². The molecule has 0 aliphatic carbocycles. The lowest BCUT2D eigenvalue weighted by Crippen LogP contribution is -2.30. The Kier molecular flexibility index (Phi) is 5.81. The molecule has 1 amide bonds. The third kappa shape index (κ3) is 4.90. The van der Waals surface area contributed by atoms with Gasteiger partial charge in [-0.05, 0) is 37.3 Å². The number of nitrogens with one attached hydrogen (secondary N) is 1. The zero-order chi connectivity index (χ0) is 14.4. The molecule has 0 bridgehead atoms. The summed E-state index contributed by atoms with van der Waals surface area (Å²) in [6.07, 6.45) is 2.69. The molecule has 19 heavy (non-hydrogen) atoms. The van der Waals surface area contributed by atoms with Gasteiger partial charge in [0.1, 0.15) is 0 Å². The molecule has 0 radical (unpaired) electrons. The summed E-state index contributed by atoms with van der Waals surface area (Å²) in [4.78, 5) is 11.9. The number of carbonyl (C=O) groups is 1. The Morgan fingerprint density at radius 2 is 1.79 bits per heavy atom. The summed E-state index contributed by atoms with van der Waals surface area (Å²) in [5.74, 6) is 0.347. The summed E-state index contributed by atoms with van der Waals surface area (Å²) in [5, 5.41) is 3.09. The van der Waals surface area contributed by atoms with Gasteiger partial charge in [0.2, 0.25) is 5.91 Å². The summed E-state index contributed by atoms with van der Waals surface area (Å²) in [6.45, 7) is 10.3. The second kappa shape index (κ2) is 7.13. The van der Waals surface area contributed by atoms with E-state index in [0.717, 1.165) is 12.0 Å². The van der Waals surface area contributed by atoms with Gasteiger partial charge < -0.3 is 5.32 Å². The molecule has 0 spiro atoms. The summed E-state index contributed by atoms with van der Waals surface area (Å²) < 4.78 is 0. The number of hydrogen-bond donors (Lipinski definition) is 1. The fraction of sp³-hybridized carbons (Fsp3) is 0.471. The highest BCUT2D eigenvalue weighted by molar-refractivity contribution is 5.88. The number of hydrogen-bond acceptors (Lipinski definition) is 1. The largest absolute Gasteiger partial charge is 0.345 e. The van der Waals surface area contributed by atoms with Crippen LogP contribution >= 0.6 is 0 Å². The normalized spacial score (nSPS) is 12.1. The zero-order valence-corrected chi connectivity index (χ0v) is 12.7. The molecule has 1 aromatic carbocycles. The minimum absolute atomic E-state index is 0.0155. The zero-order valence-electron chi connectivity index (χ0n) is 12.7. The highest BCUT2D eigenvalue weighted by Gasteiger charge is 2.17. The van der Waals surface area contributed by atoms with Crippen molar-refractivity contribution in [2.24, 2.45) is 5.92 Å². The van der Waals surface area contributed by atoms with Crippen LogP contribution in [0.25, 0.3) is 0 Å². The highest BCUT2D eigenvalue weighted by Crippen LogP contribution is 2.22. The van der Waals surface area contributed by atoms with Crippen LogP contribution in [0.4, 0.5) is 0 Å². The lowest BCUT2D eigenvalue weighted by molar-refractivity contribution is -0.117. The molecule has 0 aromatic heterocycles. The Bertz CT molecular complexity index is 439. The molecule has 1 unspecified atom stereocenters. The van der Waals surface area contributed by atoms with Crippen molar-refractivity contribution in [1.29, 1.82) is 0 Å². The Morgan fingerprint density at radius 1 is 1.21 bits per heavy atom. The molecule has 2 heteroatoms. The lowest BCUT2D eigenvalue weighted by atomic mass is 9.95. The highest BCUT2D eigenvalue weighted by atomic mass is 16.1. The minimum Gasteiger partial charge on any atom is -0.345 e. The van der Waals surface area contributed by atoms with Gasteiger partial charge >= 0.3 is 0 Å². The molecule has 0 fully saturated rings. The third-order valence-corrected chi connectivity index (χ3v) is 3.13. The van der Waals surface area contributed by atoms with Crippen LogP contribution in [0.1, 0.15) is 51.8 Å². The van der Waals surface area contributed by atoms with Crippen LogP contribution in [0.15, 0.2) is 35.9 Å². The molecular formula is C17H25NO. The molecule has 0 aliphatic rings. The third-order valence-electron chi connectivity index (χ3n) is 3.13. The quantitative estimate of drug-likeness (QED) is 0.795. The SMILES string of the molecule is CCc1ccc(C(NC(=O)C=C(C)C)C(C)C)cc1. The van der Waals surface area contributed by atoms with Crippen molar-refractivity contribution in [2.45, 2.75) is 47.1 Å². The number of amides is 1. The van der Waals surface area contributed by atoms with Crippen LogP contribution in [-0.4, -0.2) is 5.91 Å². The maximum absolute atomic E-state index is 11.9. The first kappa shape index (κ1) is 15.5. The van der Waals surface area contributed by atoms with Gasteiger partial charge in [-0.2, -0.15) is 0 Å². The van der Waals surface area contributed by atoms with Crippen molar-refractivity contribution in [3.63, 3.8) is 0 Å². The lowest BCUT2D eigenvalue weighted by Gasteiger charge is -2.22. The van der Waals surface area contributed by atoms with E-state index in [9.17, 15) is 4.79 Å². The second-order valence-corrected chi connectivity index (χ2v) is 5.55. The molecule has 0 heterocycles. The van der Waals surface area contributed by atoms with Gasteiger partial charge in [0.15, 0.2) is 0 Å². The van der Waals surface area contributed by atoms with Crippen molar-refractivity contribution >= 4 is 5.91 Å². The van der Waals surface area contributed by atoms with Crippen LogP contribution in [0, 0.1) is 5.92 Å². The molecule has 0 saturated heterocycles. The Morgan fingerprint density at radius 3 is 2.21 bits per heavy atom. The van der Waals surface area contributed by atoms with Gasteiger partial charge in [-0.1, -0.05) is 50.6 Å². The van der Waals surface area contributed by atoms with Crippen LogP contribution in [0.2, 0.25) is 0 Å². The minimum atomic E-state index is -0.0155. The molecular weight excluding hydrogens is 234 g/mol. The summed E-state index contributed by atoms with van der Waals surface area (Å²) >= 11 is 0. The summed E-state index contributed by atoms with van der Waals surface area (Å²) in [5.41, 5.74) is 3.51. The van der Waals surface area contributed by atoms with Crippen molar-refractivity contribution in [1.82, 2.24) is 5.32 Å². The maximum Gasteiger partial charge on any atom is 0.244 e. The average Bonchev–Trinajstić information content (AvgIpc) is 2.35. The van der Waals surface area contributed by atoms with Gasteiger partial charge in [-0.3, -0.25) is 4.79 Å². The molecule has 2 nitrogen and oxygen atoms in total. The Labute approximate surface area is 116 Å². The van der Waals surface area contributed by atoms with Gasteiger partial charge in [0.05, 0.1) is 6.04 Å². The van der Waals surface area contributed by atoms with Crippen molar-refractivity contribution in [3.8, 4) is 0 Å². The first-order valence-electron chi connectivity index (χ1n) is 6.98. The van der Waals surface area contributed by atoms with Gasteiger partial charge in [0.25, 0.3) is 0 Å². The van der Waals surface area contributed by atoms with Crippen LogP contribution in [-0.2, 0) is 11.2 Å². The molecule has 1 N–H and O–H groups in total. The van der Waals surface area contributed by atoms with Crippen molar-refractivity contribution in [2.75, 3.05) is 0 Å². The predicted molar refractivity (Wildman–Crippen MR) is 81.0 cm³/mol. The Hall–Kier alpha value is -1.57. The van der Waals surface area contributed by atoms with E-state index in [0.29, 0.717) is 5.92 Å². The number of carbonyl (C=O) groups excluding carboxylic acids is 1. The molecule has 1 aromatic rings. The van der Waals surface area contributed by atoms with Gasteiger partial charge in [-0.15, -0.1) is 0 Å². The van der Waals surface area contributed by atoms with Crippen molar-refractivity contribution in [3.05, 3.63) is 47.0 Å². The van der Waals surface area contributed by atoms with E-state index in [1.54, 1.807) is 6.08 Å². The van der Waals surface area contributed by atoms with E-state index in [1.807, 2.05) is 13.8 Å². The summed E-state index contributed by atoms with van der Waals surface area (Å²) in [6, 6.07) is 8.57. The van der Waals surface area contributed by atoms with E-state index in [4.69, 9.17) is 0 Å². The van der Waals surface area contributed by atoms with E-state index >= 15 is 0 Å². The van der Waals surface area contributed by atoms with E-state index in [-0.39, 0.29) is 11.9 Å². The fourth-order valence-electron chi connectivity index (χ4n) is 2.05. The van der Waals surface area contributed by atoms with E-state index in [2.05, 4.69) is 50.4 Å². The molecule has 1 atom stereocenters. The van der Waals surface area contributed by atoms with Crippen molar-refractivity contribution < 1.29 is 4.79 Å². The van der Waals surface area contributed by atoms with E-state index < -0.39 is 0 Å². The van der Waals surface area contributed by atoms with Crippen LogP contribution < -0.4 is 5.32 Å². The van der Waals surface area contributed by atoms with E-state index in [1.165, 1.54) is 11.1 Å². The maximum atomic E-state index is 11.9. The summed E-state index contributed by atoms with van der Waals surface area (Å²) in [7, 11) is 0. The molecule has 0 aliphatic heterocycles. The average molecular weight is 259 g/mol. The number of allylic oxidation sites excluding steroid dienone is 1. The monoisotopic (exact) mass is 259 g/mol. The first-order valence-corrected chi connectivity index (χ1v) is 6.98. The number of benzene rings is 1. The number of rotatable bonds is 5. The first-order chi connectivity index (χ1) is 8.93. The van der Waals surface area contributed by atoms with Gasteiger partial charge in [0, 0.05) is 6.08 Å². The number of aryl methyl sites for hydroxylation is 1. The molecule has 1 rings (SSSR count). The molecule has 0 saturated carbocycles.